The molecule has 1 saturated heterocycles. The second kappa shape index (κ2) is 10.4. The zero-order valence-corrected chi connectivity index (χ0v) is 13.4. The first kappa shape index (κ1) is 19.6. The highest BCUT2D eigenvalue weighted by Gasteiger charge is 2.15. The van der Waals surface area contributed by atoms with Gasteiger partial charge in [0.25, 0.3) is 0 Å². The monoisotopic (exact) mass is 350 g/mol. The predicted molar refractivity (Wildman–Crippen MR) is 84.0 cm³/mol. The molecule has 0 saturated carbocycles. The molecule has 0 aliphatic carbocycles. The van der Waals surface area contributed by atoms with Gasteiger partial charge in [-0.25, -0.2) is 0 Å². The predicted octanol–water partition coefficient (Wildman–Crippen LogP) is 2.09. The van der Waals surface area contributed by atoms with Crippen molar-refractivity contribution in [3.63, 3.8) is 0 Å². The Balaban J connectivity index is 0.00000264. The Morgan fingerprint density at radius 3 is 2.70 bits per heavy atom. The average Bonchev–Trinajstić information content (AvgIpc) is 2.99. The zero-order chi connectivity index (χ0) is 15.8. The van der Waals surface area contributed by atoms with Crippen LogP contribution in [-0.2, 0) is 16.1 Å². The molecule has 1 aromatic carbocycles. The van der Waals surface area contributed by atoms with Crippen LogP contribution in [-0.4, -0.2) is 38.3 Å². The van der Waals surface area contributed by atoms with Crippen molar-refractivity contribution in [2.24, 2.45) is 0 Å². The molecule has 1 unspecified atom stereocenters. The van der Waals surface area contributed by atoms with Crippen LogP contribution in [0.1, 0.15) is 18.4 Å². The smallest absolute Gasteiger partial charge is 0.387 e. The van der Waals surface area contributed by atoms with Crippen LogP contribution in [0, 0.1) is 0 Å². The van der Waals surface area contributed by atoms with Crippen molar-refractivity contribution in [1.29, 1.82) is 0 Å². The minimum absolute atomic E-state index is 0. The molecule has 8 heteroatoms. The molecule has 0 spiro atoms. The lowest BCUT2D eigenvalue weighted by Gasteiger charge is -2.11. The fourth-order valence-corrected chi connectivity index (χ4v) is 2.20. The van der Waals surface area contributed by atoms with Crippen LogP contribution in [0.4, 0.5) is 8.78 Å². The quantitative estimate of drug-likeness (QED) is 0.754. The number of hydrogen-bond donors (Lipinski definition) is 2. The van der Waals surface area contributed by atoms with E-state index in [2.05, 4.69) is 15.4 Å². The summed E-state index contributed by atoms with van der Waals surface area (Å²) < 4.78 is 33.7. The van der Waals surface area contributed by atoms with Crippen molar-refractivity contribution >= 4 is 18.3 Å². The van der Waals surface area contributed by atoms with Crippen molar-refractivity contribution in [2.45, 2.75) is 32.1 Å². The number of hydrogen-bond acceptors (Lipinski definition) is 4. The molecule has 1 aromatic rings. The number of carbonyl (C=O) groups excluding carboxylic acids is 1. The van der Waals surface area contributed by atoms with Crippen LogP contribution in [0.3, 0.4) is 0 Å². The van der Waals surface area contributed by atoms with Gasteiger partial charge in [-0.2, -0.15) is 8.78 Å². The molecular weight excluding hydrogens is 330 g/mol. The lowest BCUT2D eigenvalue weighted by molar-refractivity contribution is -0.120. The summed E-state index contributed by atoms with van der Waals surface area (Å²) in [5.74, 6) is -0.0192. The fraction of sp³-hybridized carbons (Fsp3) is 0.533. The average molecular weight is 351 g/mol. The van der Waals surface area contributed by atoms with Gasteiger partial charge in [0, 0.05) is 19.7 Å². The van der Waals surface area contributed by atoms with Gasteiger partial charge in [0.05, 0.1) is 12.6 Å². The van der Waals surface area contributed by atoms with Crippen molar-refractivity contribution in [3.8, 4) is 5.75 Å². The summed E-state index contributed by atoms with van der Waals surface area (Å²) in [4.78, 5) is 11.7. The molecular formula is C15H21ClF2N2O3. The van der Waals surface area contributed by atoms with Gasteiger partial charge < -0.3 is 20.1 Å². The largest absolute Gasteiger partial charge is 0.435 e. The number of benzene rings is 1. The first-order valence-electron chi connectivity index (χ1n) is 7.26. The van der Waals surface area contributed by atoms with Crippen LogP contribution in [0.2, 0.25) is 0 Å². The number of amides is 1. The summed E-state index contributed by atoms with van der Waals surface area (Å²) in [7, 11) is 0. The first-order chi connectivity index (χ1) is 10.6. The third-order valence-electron chi connectivity index (χ3n) is 3.32. The molecule has 23 heavy (non-hydrogen) atoms. The molecule has 1 aliphatic rings. The van der Waals surface area contributed by atoms with Gasteiger partial charge >= 0.3 is 6.61 Å². The van der Waals surface area contributed by atoms with Crippen LogP contribution in [0.25, 0.3) is 0 Å². The second-order valence-corrected chi connectivity index (χ2v) is 5.07. The zero-order valence-electron chi connectivity index (χ0n) is 12.6. The Morgan fingerprint density at radius 1 is 1.35 bits per heavy atom. The molecule has 1 amide bonds. The minimum atomic E-state index is -2.83. The molecule has 1 aliphatic heterocycles. The topological polar surface area (TPSA) is 59.6 Å². The molecule has 1 fully saturated rings. The maximum absolute atomic E-state index is 12.0. The van der Waals surface area contributed by atoms with Crippen molar-refractivity contribution in [1.82, 2.24) is 10.6 Å². The standard InChI is InChI=1S/C15H20F2N2O3.ClH/c16-15(17)22-12-5-3-11(4-6-12)8-19-14(20)10-18-9-13-2-1-7-21-13;/h3-6,13,15,18H,1-2,7-10H2,(H,19,20);1H. The number of alkyl halides is 2. The second-order valence-electron chi connectivity index (χ2n) is 5.07. The summed E-state index contributed by atoms with van der Waals surface area (Å²) >= 11 is 0. The SMILES string of the molecule is Cl.O=C(CNCC1CCCO1)NCc1ccc(OC(F)F)cc1. The lowest BCUT2D eigenvalue weighted by atomic mass is 10.2. The maximum Gasteiger partial charge on any atom is 0.387 e. The van der Waals surface area contributed by atoms with Crippen molar-refractivity contribution < 1.29 is 23.0 Å². The summed E-state index contributed by atoms with van der Waals surface area (Å²) in [5.41, 5.74) is 0.814. The van der Waals surface area contributed by atoms with E-state index in [4.69, 9.17) is 4.74 Å². The van der Waals surface area contributed by atoms with Gasteiger partial charge in [-0.15, -0.1) is 12.4 Å². The van der Waals surface area contributed by atoms with E-state index in [1.165, 1.54) is 12.1 Å². The number of nitrogens with one attached hydrogen (secondary N) is 2. The van der Waals surface area contributed by atoms with Crippen LogP contribution < -0.4 is 15.4 Å². The van der Waals surface area contributed by atoms with E-state index < -0.39 is 6.61 Å². The van der Waals surface area contributed by atoms with Crippen LogP contribution in [0.15, 0.2) is 24.3 Å². The highest BCUT2D eigenvalue weighted by molar-refractivity contribution is 5.85. The molecule has 2 rings (SSSR count). The summed E-state index contributed by atoms with van der Waals surface area (Å²) in [6, 6.07) is 6.17. The van der Waals surface area contributed by atoms with Crippen LogP contribution >= 0.6 is 12.4 Å². The van der Waals surface area contributed by atoms with Gasteiger partial charge in [-0.3, -0.25) is 4.79 Å². The third kappa shape index (κ3) is 7.58. The van der Waals surface area contributed by atoms with E-state index in [0.29, 0.717) is 13.1 Å². The summed E-state index contributed by atoms with van der Waals surface area (Å²) in [5, 5.41) is 5.81. The van der Waals surface area contributed by atoms with Gasteiger partial charge in [0.2, 0.25) is 5.91 Å². The van der Waals surface area contributed by atoms with E-state index in [1.54, 1.807) is 12.1 Å². The number of rotatable bonds is 8. The highest BCUT2D eigenvalue weighted by Crippen LogP contribution is 2.14. The van der Waals surface area contributed by atoms with Crippen molar-refractivity contribution in [3.05, 3.63) is 29.8 Å². The van der Waals surface area contributed by atoms with Gasteiger partial charge in [0.15, 0.2) is 0 Å². The number of ether oxygens (including phenoxy) is 2. The Morgan fingerprint density at radius 2 is 2.09 bits per heavy atom. The molecule has 0 radical (unpaired) electrons. The van der Waals surface area contributed by atoms with E-state index in [1.807, 2.05) is 0 Å². The maximum atomic E-state index is 12.0. The van der Waals surface area contributed by atoms with Gasteiger partial charge in [-0.05, 0) is 30.5 Å². The Kier molecular flexibility index (Phi) is 8.83. The Hall–Kier alpha value is -1.44. The van der Waals surface area contributed by atoms with E-state index in [0.717, 1.165) is 25.0 Å². The molecule has 1 heterocycles. The van der Waals surface area contributed by atoms with Gasteiger partial charge in [-0.1, -0.05) is 12.1 Å². The summed E-state index contributed by atoms with van der Waals surface area (Å²) in [6.07, 6.45) is 2.31. The molecule has 2 N–H and O–H groups in total. The normalized spacial score (nSPS) is 16.9. The minimum Gasteiger partial charge on any atom is -0.435 e. The van der Waals surface area contributed by atoms with Crippen LogP contribution in [0.5, 0.6) is 5.75 Å². The number of carbonyl (C=O) groups is 1. The summed E-state index contributed by atoms with van der Waals surface area (Å²) in [6.45, 7) is -0.792. The molecule has 5 nitrogen and oxygen atoms in total. The van der Waals surface area contributed by atoms with E-state index in [-0.39, 0.29) is 36.7 Å². The molecule has 130 valence electrons. The molecule has 0 bridgehead atoms. The first-order valence-corrected chi connectivity index (χ1v) is 7.26. The number of halogens is 3. The molecule has 0 aromatic heterocycles. The Bertz CT molecular complexity index is 468. The fourth-order valence-electron chi connectivity index (χ4n) is 2.20. The highest BCUT2D eigenvalue weighted by atomic mass is 35.5. The van der Waals surface area contributed by atoms with Gasteiger partial charge in [0.1, 0.15) is 5.75 Å². The lowest BCUT2D eigenvalue weighted by Crippen LogP contribution is -2.36. The third-order valence-corrected chi connectivity index (χ3v) is 3.32. The van der Waals surface area contributed by atoms with Crippen molar-refractivity contribution in [2.75, 3.05) is 19.7 Å². The van der Waals surface area contributed by atoms with E-state index in [9.17, 15) is 13.6 Å². The molecule has 1 atom stereocenters. The van der Waals surface area contributed by atoms with E-state index >= 15 is 0 Å². The Labute approximate surface area is 140 Å².